The fraction of sp³-hybridized carbons (Fsp3) is 0.533. The van der Waals surface area contributed by atoms with E-state index in [1.165, 1.54) is 5.52 Å². The Kier molecular flexibility index (Phi) is 5.11. The van der Waals surface area contributed by atoms with Crippen LogP contribution in [-0.4, -0.2) is 43.2 Å². The summed E-state index contributed by atoms with van der Waals surface area (Å²) in [6.07, 6.45) is 0.468. The predicted octanol–water partition coefficient (Wildman–Crippen LogP) is 1.81. The van der Waals surface area contributed by atoms with E-state index in [0.717, 1.165) is 24.3 Å². The standard InChI is InChI=1S/C15H23N3O2/c1-5-18-13-9-7-6-8-11(13)17-14(18)10-12(16-2)15(19-3)20-4/h6-9,12,15-16H,5,10H2,1-4H3. The van der Waals surface area contributed by atoms with Crippen molar-refractivity contribution in [3.63, 3.8) is 0 Å². The lowest BCUT2D eigenvalue weighted by atomic mass is 10.2. The van der Waals surface area contributed by atoms with Crippen molar-refractivity contribution in [2.75, 3.05) is 21.3 Å². The van der Waals surface area contributed by atoms with Crippen LogP contribution in [0.5, 0.6) is 0 Å². The Morgan fingerprint density at radius 1 is 1.25 bits per heavy atom. The molecular formula is C15H23N3O2. The van der Waals surface area contributed by atoms with Gasteiger partial charge in [-0.05, 0) is 26.1 Å². The first-order valence-corrected chi connectivity index (χ1v) is 6.92. The number of hydrogen-bond acceptors (Lipinski definition) is 4. The molecule has 0 fully saturated rings. The fourth-order valence-corrected chi connectivity index (χ4v) is 2.59. The normalized spacial score (nSPS) is 13.2. The summed E-state index contributed by atoms with van der Waals surface area (Å²) < 4.78 is 12.9. The summed E-state index contributed by atoms with van der Waals surface area (Å²) in [6, 6.07) is 8.27. The number of fused-ring (bicyclic) bond motifs is 1. The van der Waals surface area contributed by atoms with Crippen LogP contribution in [0.4, 0.5) is 0 Å². The van der Waals surface area contributed by atoms with Crippen LogP contribution in [0.2, 0.25) is 0 Å². The van der Waals surface area contributed by atoms with Gasteiger partial charge in [-0.25, -0.2) is 4.98 Å². The highest BCUT2D eigenvalue weighted by molar-refractivity contribution is 5.75. The van der Waals surface area contributed by atoms with E-state index in [9.17, 15) is 0 Å². The predicted molar refractivity (Wildman–Crippen MR) is 79.8 cm³/mol. The minimum absolute atomic E-state index is 0.0621. The van der Waals surface area contributed by atoms with E-state index >= 15 is 0 Å². The zero-order valence-corrected chi connectivity index (χ0v) is 12.6. The van der Waals surface area contributed by atoms with Gasteiger partial charge in [-0.2, -0.15) is 0 Å². The van der Waals surface area contributed by atoms with E-state index in [1.54, 1.807) is 14.2 Å². The Balaban J connectivity index is 2.32. The quantitative estimate of drug-likeness (QED) is 0.784. The van der Waals surface area contributed by atoms with Gasteiger partial charge in [0.1, 0.15) is 5.82 Å². The molecule has 1 N–H and O–H groups in total. The van der Waals surface area contributed by atoms with E-state index in [2.05, 4.69) is 22.9 Å². The zero-order chi connectivity index (χ0) is 14.5. The number of ether oxygens (including phenoxy) is 2. The summed E-state index contributed by atoms with van der Waals surface area (Å²) in [4.78, 5) is 4.73. The van der Waals surface area contributed by atoms with Crippen LogP contribution < -0.4 is 5.32 Å². The Labute approximate surface area is 119 Å². The van der Waals surface area contributed by atoms with Crippen molar-refractivity contribution in [2.45, 2.75) is 32.2 Å². The van der Waals surface area contributed by atoms with Gasteiger partial charge in [0, 0.05) is 27.2 Å². The topological polar surface area (TPSA) is 48.3 Å². The molecule has 0 amide bonds. The summed E-state index contributed by atoms with van der Waals surface area (Å²) in [7, 11) is 5.22. The first-order valence-electron chi connectivity index (χ1n) is 6.92. The number of aromatic nitrogens is 2. The van der Waals surface area contributed by atoms with Crippen LogP contribution in [0.25, 0.3) is 11.0 Å². The highest BCUT2D eigenvalue weighted by Crippen LogP contribution is 2.18. The molecule has 5 nitrogen and oxygen atoms in total. The van der Waals surface area contributed by atoms with Gasteiger partial charge in [0.15, 0.2) is 6.29 Å². The second kappa shape index (κ2) is 6.83. The third-order valence-corrected chi connectivity index (χ3v) is 3.62. The molecule has 2 aromatic rings. The van der Waals surface area contributed by atoms with Crippen LogP contribution in [0.15, 0.2) is 24.3 Å². The summed E-state index contributed by atoms with van der Waals surface area (Å²) in [5.41, 5.74) is 2.21. The largest absolute Gasteiger partial charge is 0.354 e. The molecule has 110 valence electrons. The van der Waals surface area contributed by atoms with Crippen molar-refractivity contribution >= 4 is 11.0 Å². The van der Waals surface area contributed by atoms with E-state index < -0.39 is 0 Å². The lowest BCUT2D eigenvalue weighted by Gasteiger charge is -2.24. The van der Waals surface area contributed by atoms with Crippen LogP contribution in [0.3, 0.4) is 0 Å². The number of rotatable bonds is 7. The van der Waals surface area contributed by atoms with Crippen molar-refractivity contribution in [1.82, 2.24) is 14.9 Å². The van der Waals surface area contributed by atoms with Gasteiger partial charge in [0.25, 0.3) is 0 Å². The summed E-state index contributed by atoms with van der Waals surface area (Å²) in [5.74, 6) is 1.05. The van der Waals surface area contributed by atoms with Crippen molar-refractivity contribution in [3.8, 4) is 0 Å². The maximum Gasteiger partial charge on any atom is 0.172 e. The highest BCUT2D eigenvalue weighted by atomic mass is 16.7. The molecule has 1 unspecified atom stereocenters. The summed E-state index contributed by atoms with van der Waals surface area (Å²) >= 11 is 0. The number of likely N-dealkylation sites (N-methyl/N-ethyl adjacent to an activating group) is 1. The number of nitrogens with zero attached hydrogens (tertiary/aromatic N) is 2. The second-order valence-electron chi connectivity index (χ2n) is 4.70. The molecular weight excluding hydrogens is 254 g/mol. The molecule has 2 rings (SSSR count). The number of hydrogen-bond donors (Lipinski definition) is 1. The number of nitrogens with one attached hydrogen (secondary N) is 1. The van der Waals surface area contributed by atoms with Gasteiger partial charge >= 0.3 is 0 Å². The third kappa shape index (κ3) is 2.85. The summed E-state index contributed by atoms with van der Waals surface area (Å²) in [5, 5.41) is 3.24. The van der Waals surface area contributed by atoms with Crippen molar-refractivity contribution < 1.29 is 9.47 Å². The molecule has 1 atom stereocenters. The van der Waals surface area contributed by atoms with E-state index in [1.807, 2.05) is 25.2 Å². The molecule has 0 aliphatic rings. The fourth-order valence-electron chi connectivity index (χ4n) is 2.59. The molecule has 1 heterocycles. The van der Waals surface area contributed by atoms with Gasteiger partial charge in [0.2, 0.25) is 0 Å². The molecule has 0 saturated heterocycles. The first kappa shape index (κ1) is 15.0. The number of methoxy groups -OCH3 is 2. The molecule has 0 bridgehead atoms. The van der Waals surface area contributed by atoms with Gasteiger partial charge in [0.05, 0.1) is 17.1 Å². The van der Waals surface area contributed by atoms with Crippen molar-refractivity contribution in [3.05, 3.63) is 30.1 Å². The van der Waals surface area contributed by atoms with Crippen molar-refractivity contribution in [2.24, 2.45) is 0 Å². The SMILES string of the molecule is CCn1c(CC(NC)C(OC)OC)nc2ccccc21. The van der Waals surface area contributed by atoms with Gasteiger partial charge < -0.3 is 19.4 Å². The zero-order valence-electron chi connectivity index (χ0n) is 12.6. The average molecular weight is 277 g/mol. The smallest absolute Gasteiger partial charge is 0.172 e. The minimum Gasteiger partial charge on any atom is -0.354 e. The number of para-hydroxylation sites is 2. The van der Waals surface area contributed by atoms with E-state index in [0.29, 0.717) is 0 Å². The van der Waals surface area contributed by atoms with Gasteiger partial charge in [-0.3, -0.25) is 0 Å². The number of imidazole rings is 1. The molecule has 0 saturated carbocycles. The Bertz CT molecular complexity index is 549. The van der Waals surface area contributed by atoms with E-state index in [-0.39, 0.29) is 12.3 Å². The molecule has 0 spiro atoms. The van der Waals surface area contributed by atoms with Crippen LogP contribution in [0, 0.1) is 0 Å². The maximum atomic E-state index is 5.35. The molecule has 0 aliphatic carbocycles. The number of benzene rings is 1. The molecule has 5 heteroatoms. The highest BCUT2D eigenvalue weighted by Gasteiger charge is 2.22. The average Bonchev–Trinajstić information content (AvgIpc) is 2.84. The first-order chi connectivity index (χ1) is 9.74. The van der Waals surface area contributed by atoms with E-state index in [4.69, 9.17) is 14.5 Å². The monoisotopic (exact) mass is 277 g/mol. The molecule has 0 radical (unpaired) electrons. The van der Waals surface area contributed by atoms with Gasteiger partial charge in [-0.1, -0.05) is 12.1 Å². The van der Waals surface area contributed by atoms with Gasteiger partial charge in [-0.15, -0.1) is 0 Å². The minimum atomic E-state index is -0.287. The molecule has 0 aliphatic heterocycles. The lowest BCUT2D eigenvalue weighted by Crippen LogP contribution is -2.42. The summed E-state index contributed by atoms with van der Waals surface area (Å²) in [6.45, 7) is 3.03. The Morgan fingerprint density at radius 3 is 2.55 bits per heavy atom. The maximum absolute atomic E-state index is 5.35. The lowest BCUT2D eigenvalue weighted by molar-refractivity contribution is -0.121. The van der Waals surface area contributed by atoms with Crippen LogP contribution in [-0.2, 0) is 22.4 Å². The van der Waals surface area contributed by atoms with Crippen molar-refractivity contribution in [1.29, 1.82) is 0 Å². The second-order valence-corrected chi connectivity index (χ2v) is 4.70. The third-order valence-electron chi connectivity index (χ3n) is 3.62. The number of aryl methyl sites for hydroxylation is 1. The van der Waals surface area contributed by atoms with Crippen LogP contribution in [0.1, 0.15) is 12.7 Å². The Hall–Kier alpha value is -1.43. The molecule has 20 heavy (non-hydrogen) atoms. The van der Waals surface area contributed by atoms with Crippen LogP contribution >= 0.6 is 0 Å². The Morgan fingerprint density at radius 2 is 1.95 bits per heavy atom. The molecule has 1 aromatic carbocycles. The molecule has 1 aromatic heterocycles.